The molecule has 1 aromatic rings. The highest BCUT2D eigenvalue weighted by atomic mass is 16.5. The molecule has 0 spiro atoms. The van der Waals surface area contributed by atoms with Crippen LogP contribution in [0, 0.1) is 5.92 Å². The van der Waals surface area contributed by atoms with E-state index in [1.165, 1.54) is 5.57 Å². The lowest BCUT2D eigenvalue weighted by Crippen LogP contribution is -2.24. The smallest absolute Gasteiger partial charge is 0.227 e. The van der Waals surface area contributed by atoms with Gasteiger partial charge in [0, 0.05) is 13.5 Å². The van der Waals surface area contributed by atoms with Crippen molar-refractivity contribution in [3.05, 3.63) is 58.9 Å². The molecule has 1 amide bonds. The van der Waals surface area contributed by atoms with Crippen LogP contribution in [-0.4, -0.2) is 13.0 Å². The Morgan fingerprint density at radius 1 is 1.41 bits per heavy atom. The molecule has 0 fully saturated rings. The maximum absolute atomic E-state index is 11.9. The van der Waals surface area contributed by atoms with Gasteiger partial charge in [0.2, 0.25) is 5.91 Å². The fourth-order valence-electron chi connectivity index (χ4n) is 2.71. The van der Waals surface area contributed by atoms with E-state index in [1.807, 2.05) is 31.2 Å². The van der Waals surface area contributed by atoms with Crippen LogP contribution >= 0.6 is 0 Å². The van der Waals surface area contributed by atoms with Crippen LogP contribution in [0.4, 0.5) is 0 Å². The Kier molecular flexibility index (Phi) is 5.42. The van der Waals surface area contributed by atoms with E-state index in [4.69, 9.17) is 4.74 Å². The minimum Gasteiger partial charge on any atom is -0.493 e. The predicted octanol–water partition coefficient (Wildman–Crippen LogP) is 3.92. The van der Waals surface area contributed by atoms with Crippen LogP contribution in [0.3, 0.4) is 0 Å². The molecule has 1 aliphatic rings. The van der Waals surface area contributed by atoms with Gasteiger partial charge in [0.15, 0.2) is 0 Å². The molecule has 0 saturated heterocycles. The van der Waals surface area contributed by atoms with Crippen molar-refractivity contribution < 1.29 is 9.53 Å². The van der Waals surface area contributed by atoms with E-state index < -0.39 is 0 Å². The summed E-state index contributed by atoms with van der Waals surface area (Å²) in [5, 5.41) is 2.71. The SMILES string of the molecule is CNC(=O)C(C)c1ccccc1COC1=C(C)C=CC(C)C1. The summed E-state index contributed by atoms with van der Waals surface area (Å²) in [6.45, 7) is 6.70. The topological polar surface area (TPSA) is 38.3 Å². The molecule has 22 heavy (non-hydrogen) atoms. The van der Waals surface area contributed by atoms with Gasteiger partial charge >= 0.3 is 0 Å². The zero-order valence-electron chi connectivity index (χ0n) is 13.8. The third kappa shape index (κ3) is 3.79. The van der Waals surface area contributed by atoms with Gasteiger partial charge in [-0.1, -0.05) is 43.3 Å². The molecule has 3 nitrogen and oxygen atoms in total. The Labute approximate surface area is 133 Å². The van der Waals surface area contributed by atoms with Crippen molar-refractivity contribution in [2.45, 2.75) is 39.7 Å². The number of hydrogen-bond acceptors (Lipinski definition) is 2. The van der Waals surface area contributed by atoms with E-state index in [0.717, 1.165) is 23.3 Å². The number of carbonyl (C=O) groups is 1. The van der Waals surface area contributed by atoms with E-state index in [1.54, 1.807) is 7.05 Å². The second-order valence-corrected chi connectivity index (χ2v) is 5.97. The largest absolute Gasteiger partial charge is 0.493 e. The van der Waals surface area contributed by atoms with Gasteiger partial charge in [-0.05, 0) is 36.5 Å². The first-order chi connectivity index (χ1) is 10.5. The number of nitrogens with one attached hydrogen (secondary N) is 1. The van der Waals surface area contributed by atoms with Crippen LogP contribution in [0.2, 0.25) is 0 Å². The van der Waals surface area contributed by atoms with Crippen molar-refractivity contribution in [3.8, 4) is 0 Å². The van der Waals surface area contributed by atoms with Crippen molar-refractivity contribution in [1.29, 1.82) is 0 Å². The zero-order valence-corrected chi connectivity index (χ0v) is 13.8. The van der Waals surface area contributed by atoms with Crippen molar-refractivity contribution in [3.63, 3.8) is 0 Å². The molecule has 1 N–H and O–H groups in total. The number of ether oxygens (including phenoxy) is 1. The fourth-order valence-corrected chi connectivity index (χ4v) is 2.71. The van der Waals surface area contributed by atoms with Crippen LogP contribution in [0.5, 0.6) is 0 Å². The van der Waals surface area contributed by atoms with E-state index in [9.17, 15) is 4.79 Å². The Morgan fingerprint density at radius 3 is 2.86 bits per heavy atom. The van der Waals surface area contributed by atoms with E-state index in [-0.39, 0.29) is 11.8 Å². The Hall–Kier alpha value is -2.03. The molecule has 0 aromatic heterocycles. The van der Waals surface area contributed by atoms with E-state index in [2.05, 4.69) is 31.3 Å². The molecule has 1 aromatic carbocycles. The summed E-state index contributed by atoms with van der Waals surface area (Å²) in [5.41, 5.74) is 3.29. The summed E-state index contributed by atoms with van der Waals surface area (Å²) in [7, 11) is 1.67. The molecule has 0 aliphatic heterocycles. The van der Waals surface area contributed by atoms with Crippen molar-refractivity contribution in [1.82, 2.24) is 5.32 Å². The second kappa shape index (κ2) is 7.30. The second-order valence-electron chi connectivity index (χ2n) is 5.97. The predicted molar refractivity (Wildman–Crippen MR) is 89.3 cm³/mol. The van der Waals surface area contributed by atoms with Crippen LogP contribution in [0.25, 0.3) is 0 Å². The van der Waals surface area contributed by atoms with E-state index in [0.29, 0.717) is 12.5 Å². The molecular weight excluding hydrogens is 274 g/mol. The monoisotopic (exact) mass is 299 g/mol. The average molecular weight is 299 g/mol. The van der Waals surface area contributed by atoms with E-state index >= 15 is 0 Å². The lowest BCUT2D eigenvalue weighted by atomic mass is 9.95. The van der Waals surface area contributed by atoms with Gasteiger partial charge in [-0.2, -0.15) is 0 Å². The Bertz CT molecular complexity index is 601. The molecule has 0 saturated carbocycles. The molecule has 2 atom stereocenters. The summed E-state index contributed by atoms with van der Waals surface area (Å²) >= 11 is 0. The zero-order chi connectivity index (χ0) is 16.1. The normalized spacial score (nSPS) is 19.0. The minimum absolute atomic E-state index is 0.0251. The summed E-state index contributed by atoms with van der Waals surface area (Å²) in [5.74, 6) is 1.42. The standard InChI is InChI=1S/C19H25NO2/c1-13-9-10-14(2)18(11-13)22-12-16-7-5-6-8-17(16)15(3)19(21)20-4/h5-10,13,15H,11-12H2,1-4H3,(H,20,21). The van der Waals surface area contributed by atoms with Crippen LogP contribution in [0.15, 0.2) is 47.7 Å². The molecular formula is C19H25NO2. The Balaban J connectivity index is 2.14. The van der Waals surface area contributed by atoms with Crippen molar-refractivity contribution in [2.75, 3.05) is 7.05 Å². The van der Waals surface area contributed by atoms with Gasteiger partial charge in [-0.3, -0.25) is 4.79 Å². The van der Waals surface area contributed by atoms with Gasteiger partial charge in [0.05, 0.1) is 11.7 Å². The van der Waals surface area contributed by atoms with Crippen LogP contribution < -0.4 is 5.32 Å². The number of allylic oxidation sites excluding steroid dienone is 4. The summed E-state index contributed by atoms with van der Waals surface area (Å²) in [6.07, 6.45) is 5.28. The third-order valence-electron chi connectivity index (χ3n) is 4.19. The summed E-state index contributed by atoms with van der Waals surface area (Å²) < 4.78 is 6.05. The fraction of sp³-hybridized carbons (Fsp3) is 0.421. The maximum atomic E-state index is 11.9. The minimum atomic E-state index is -0.176. The van der Waals surface area contributed by atoms with Crippen LogP contribution in [0.1, 0.15) is 44.2 Å². The Morgan fingerprint density at radius 2 is 2.14 bits per heavy atom. The summed E-state index contributed by atoms with van der Waals surface area (Å²) in [4.78, 5) is 11.9. The number of likely N-dealkylation sites (N-methyl/N-ethyl adjacent to an activating group) is 1. The van der Waals surface area contributed by atoms with Gasteiger partial charge in [0.1, 0.15) is 6.61 Å². The number of carbonyl (C=O) groups excluding carboxylic acids is 1. The third-order valence-corrected chi connectivity index (χ3v) is 4.19. The number of hydrogen-bond donors (Lipinski definition) is 1. The van der Waals surface area contributed by atoms with Gasteiger partial charge < -0.3 is 10.1 Å². The molecule has 2 unspecified atom stereocenters. The highest BCUT2D eigenvalue weighted by Gasteiger charge is 2.18. The first-order valence-corrected chi connectivity index (χ1v) is 7.83. The molecule has 0 heterocycles. The average Bonchev–Trinajstić information content (AvgIpc) is 2.54. The lowest BCUT2D eigenvalue weighted by molar-refractivity contribution is -0.121. The first kappa shape index (κ1) is 16.3. The van der Waals surface area contributed by atoms with Crippen molar-refractivity contribution >= 4 is 5.91 Å². The van der Waals surface area contributed by atoms with Crippen LogP contribution in [-0.2, 0) is 16.1 Å². The van der Waals surface area contributed by atoms with Gasteiger partial charge in [0.25, 0.3) is 0 Å². The highest BCUT2D eigenvalue weighted by molar-refractivity contribution is 5.83. The molecule has 118 valence electrons. The van der Waals surface area contributed by atoms with Gasteiger partial charge in [-0.15, -0.1) is 0 Å². The molecule has 2 rings (SSSR count). The molecule has 1 aliphatic carbocycles. The number of amides is 1. The summed E-state index contributed by atoms with van der Waals surface area (Å²) in [6, 6.07) is 7.99. The first-order valence-electron chi connectivity index (χ1n) is 7.83. The molecule has 0 bridgehead atoms. The lowest BCUT2D eigenvalue weighted by Gasteiger charge is -2.21. The highest BCUT2D eigenvalue weighted by Crippen LogP contribution is 2.27. The maximum Gasteiger partial charge on any atom is 0.227 e. The quantitative estimate of drug-likeness (QED) is 0.895. The number of benzene rings is 1. The molecule has 3 heteroatoms. The molecule has 0 radical (unpaired) electrons. The van der Waals surface area contributed by atoms with Crippen molar-refractivity contribution in [2.24, 2.45) is 5.92 Å². The number of rotatable bonds is 5. The van der Waals surface area contributed by atoms with Gasteiger partial charge in [-0.25, -0.2) is 0 Å².